The fourth-order valence-electron chi connectivity index (χ4n) is 9.13. The number of carbonyl (C=O) groups is 11. The summed E-state index contributed by atoms with van der Waals surface area (Å²) in [5.41, 5.74) is 0. The van der Waals surface area contributed by atoms with Gasteiger partial charge in [-0.1, -0.05) is 95.9 Å². The molecule has 1 aliphatic heterocycles. The normalized spacial score (nSPS) is 26.8. The van der Waals surface area contributed by atoms with Gasteiger partial charge in [0.1, 0.15) is 48.3 Å². The van der Waals surface area contributed by atoms with Crippen LogP contribution in [0.5, 0.6) is 0 Å². The number of nitrogens with zero attached hydrogens (tertiary/aromatic N) is 3. The zero-order valence-corrected chi connectivity index (χ0v) is 48.5. The Balaban J connectivity index is 3.73. The molecule has 0 aromatic carbocycles. The van der Waals surface area contributed by atoms with Gasteiger partial charge in [0.05, 0.1) is 6.10 Å². The fourth-order valence-corrected chi connectivity index (χ4v) is 9.13. The number of rotatable bonds is 11. The molecule has 4 unspecified atom stereocenters. The van der Waals surface area contributed by atoms with Gasteiger partial charge in [-0.05, 0) is 62.2 Å². The third-order valence-electron chi connectivity index (χ3n) is 13.8. The van der Waals surface area contributed by atoms with E-state index in [0.29, 0.717) is 12.8 Å². The van der Waals surface area contributed by atoms with Crippen LogP contribution in [0.2, 0.25) is 0 Å². The molecule has 0 aromatic rings. The summed E-state index contributed by atoms with van der Waals surface area (Å²) in [6.07, 6.45) is -0.862. The molecule has 1 heterocycles. The number of amides is 11. The maximum Gasteiger partial charge on any atom is 0.245 e. The molecule has 1 fully saturated rings. The SMILES string of the molecule is CC[C@H](C)[C@H]1C(=O)NCCC(=O)N[C@H]([C@@H](C)CC)C(=O)N(C)C(C(C)C)C(=O)N[C@@H](C)C(=O)NCCC(=O)NC(CC(C)C)C(=O)N(C)C(C(C)C)C(=O)N[C@@H]([C@@H](C)O)C(=O)NCCC(=O)NC(CC(C)C)C(=O)N1C. The van der Waals surface area contributed by atoms with Crippen LogP contribution in [0, 0.1) is 35.5 Å². The highest BCUT2D eigenvalue weighted by Gasteiger charge is 2.40. The highest BCUT2D eigenvalue weighted by molar-refractivity contribution is 5.97. The molecule has 9 N–H and O–H groups in total. The smallest absolute Gasteiger partial charge is 0.245 e. The van der Waals surface area contributed by atoms with Crippen molar-refractivity contribution in [2.24, 2.45) is 35.5 Å². The zero-order chi connectivity index (χ0) is 58.5. The van der Waals surface area contributed by atoms with Gasteiger partial charge in [-0.25, -0.2) is 0 Å². The molecule has 0 bridgehead atoms. The van der Waals surface area contributed by atoms with Crippen LogP contribution in [0.1, 0.15) is 142 Å². The number of aliphatic hydroxyl groups is 1. The monoisotopic (exact) mass is 1080 g/mol. The van der Waals surface area contributed by atoms with Crippen LogP contribution in [0.4, 0.5) is 0 Å². The van der Waals surface area contributed by atoms with E-state index in [9.17, 15) is 57.8 Å². The number of likely N-dealkylation sites (N-methyl/N-ethyl adjacent to an activating group) is 3. The van der Waals surface area contributed by atoms with Crippen LogP contribution in [0.15, 0.2) is 0 Å². The predicted molar refractivity (Wildman–Crippen MR) is 287 cm³/mol. The molecule has 0 aromatic heterocycles. The molecule has 0 radical (unpaired) electrons. The van der Waals surface area contributed by atoms with Crippen molar-refractivity contribution in [3.05, 3.63) is 0 Å². The maximum atomic E-state index is 14.2. The van der Waals surface area contributed by atoms with Crippen LogP contribution >= 0.6 is 0 Å². The van der Waals surface area contributed by atoms with E-state index >= 15 is 0 Å². The summed E-state index contributed by atoms with van der Waals surface area (Å²) in [7, 11) is 4.30. The Bertz CT molecular complexity index is 2000. The first-order chi connectivity index (χ1) is 35.3. The predicted octanol–water partition coefficient (Wildman–Crippen LogP) is 0.321. The van der Waals surface area contributed by atoms with Gasteiger partial charge < -0.3 is 62.3 Å². The van der Waals surface area contributed by atoms with Gasteiger partial charge >= 0.3 is 0 Å². The van der Waals surface area contributed by atoms with Crippen molar-refractivity contribution in [1.82, 2.24) is 57.2 Å². The van der Waals surface area contributed by atoms with Crippen molar-refractivity contribution >= 4 is 65.0 Å². The van der Waals surface area contributed by atoms with Gasteiger partial charge in [0.25, 0.3) is 0 Å². The molecule has 0 saturated carbocycles. The van der Waals surface area contributed by atoms with Gasteiger partial charge in [-0.3, -0.25) is 52.7 Å². The van der Waals surface area contributed by atoms with Gasteiger partial charge in [0.15, 0.2) is 0 Å². The Hall–Kier alpha value is -5.87. The number of hydrogen-bond donors (Lipinski definition) is 9. The summed E-state index contributed by atoms with van der Waals surface area (Å²) in [6, 6.07) is -9.13. The van der Waals surface area contributed by atoms with E-state index in [4.69, 9.17) is 0 Å². The minimum atomic E-state index is -1.51. The van der Waals surface area contributed by atoms with E-state index in [2.05, 4.69) is 42.5 Å². The molecular formula is C53H95N11O12. The van der Waals surface area contributed by atoms with E-state index in [-0.39, 0.29) is 75.4 Å². The lowest BCUT2D eigenvalue weighted by atomic mass is 9.95. The van der Waals surface area contributed by atoms with E-state index in [1.165, 1.54) is 49.7 Å². The molecule has 23 heteroatoms. The molecular weight excluding hydrogens is 983 g/mol. The summed E-state index contributed by atoms with van der Waals surface area (Å²) in [5, 5.41) is 32.1. The van der Waals surface area contributed by atoms with Crippen LogP contribution in [0.25, 0.3) is 0 Å². The Kier molecular flexibility index (Phi) is 29.3. The minimum absolute atomic E-state index is 0.0813. The van der Waals surface area contributed by atoms with Crippen LogP contribution < -0.4 is 42.5 Å². The minimum Gasteiger partial charge on any atom is -0.391 e. The highest BCUT2D eigenvalue weighted by Crippen LogP contribution is 2.20. The topological polar surface area (TPSA) is 314 Å². The second kappa shape index (κ2) is 32.7. The van der Waals surface area contributed by atoms with Crippen molar-refractivity contribution in [2.75, 3.05) is 40.8 Å². The quantitative estimate of drug-likeness (QED) is 0.135. The first kappa shape index (κ1) is 68.1. The van der Waals surface area contributed by atoms with E-state index in [0.717, 1.165) is 0 Å². The molecule has 1 saturated heterocycles. The number of hydrogen-bond acceptors (Lipinski definition) is 12. The molecule has 1 aliphatic rings. The first-order valence-corrected chi connectivity index (χ1v) is 27.1. The van der Waals surface area contributed by atoms with Gasteiger partial charge in [-0.2, -0.15) is 0 Å². The van der Waals surface area contributed by atoms with Crippen LogP contribution in [-0.2, 0) is 52.7 Å². The Morgan fingerprint density at radius 3 is 1.21 bits per heavy atom. The molecule has 23 nitrogen and oxygen atoms in total. The van der Waals surface area contributed by atoms with Crippen molar-refractivity contribution in [3.8, 4) is 0 Å². The van der Waals surface area contributed by atoms with E-state index in [1.807, 2.05) is 41.5 Å². The summed E-state index contributed by atoms with van der Waals surface area (Å²) in [6.45, 7) is 23.7. The van der Waals surface area contributed by atoms with Gasteiger partial charge in [0.2, 0.25) is 65.0 Å². The van der Waals surface area contributed by atoms with Crippen molar-refractivity contribution in [3.63, 3.8) is 0 Å². The summed E-state index contributed by atoms with van der Waals surface area (Å²) in [4.78, 5) is 155. The Morgan fingerprint density at radius 2 is 0.816 bits per heavy atom. The zero-order valence-electron chi connectivity index (χ0n) is 48.5. The Morgan fingerprint density at radius 1 is 0.447 bits per heavy atom. The Labute approximate surface area is 451 Å². The average molecular weight is 1080 g/mol. The molecule has 0 aliphatic carbocycles. The molecule has 11 amide bonds. The van der Waals surface area contributed by atoms with Crippen molar-refractivity contribution in [2.45, 2.75) is 196 Å². The standard InChI is InChI=1S/C53H95N11O12/c1-18-32(11)41-53(76)63(16)43(30(7)8)49(72)57-34(13)46(69)54-23-20-38(66)58-36(26-28(3)4)51(74)62(15)44(31(9)10)50(73)61-42(35(14)65)47(70)55-24-21-39(67)59-37(27-29(5)6)52(75)64(17)45(33(12)19-2)48(71)56-25-22-40(68)60-41/h28-37,41-45,65H,18-27H2,1-17H3,(H,54,69)(H,55,70)(H,56,71)(H,57,72)(H,58,66)(H,59,67)(H,60,68)(H,61,73)/t32-,33-,34-,35+,36?,37?,41+,42-,43?,44?,45-/m0/s1. The summed E-state index contributed by atoms with van der Waals surface area (Å²) < 4.78 is 0. The number of aliphatic hydroxyl groups excluding tert-OH is 1. The average Bonchev–Trinajstić information content (AvgIpc) is 3.32. The molecule has 11 atom stereocenters. The van der Waals surface area contributed by atoms with Crippen molar-refractivity contribution in [1.29, 1.82) is 0 Å². The lowest BCUT2D eigenvalue weighted by Crippen LogP contribution is -2.60. The maximum absolute atomic E-state index is 14.2. The fraction of sp³-hybridized carbons (Fsp3) is 0.792. The van der Waals surface area contributed by atoms with Gasteiger partial charge in [-0.15, -0.1) is 0 Å². The molecule has 76 heavy (non-hydrogen) atoms. The number of nitrogens with one attached hydrogen (secondary N) is 8. The first-order valence-electron chi connectivity index (χ1n) is 27.1. The van der Waals surface area contributed by atoms with Crippen LogP contribution in [0.3, 0.4) is 0 Å². The lowest BCUT2D eigenvalue weighted by Gasteiger charge is -2.35. The summed E-state index contributed by atoms with van der Waals surface area (Å²) in [5.74, 6) is -8.75. The molecule has 434 valence electrons. The van der Waals surface area contributed by atoms with Gasteiger partial charge in [0, 0.05) is 60.0 Å². The molecule has 1 rings (SSSR count). The van der Waals surface area contributed by atoms with Crippen LogP contribution in [-0.4, -0.2) is 180 Å². The second-order valence-electron chi connectivity index (χ2n) is 22.1. The van der Waals surface area contributed by atoms with E-state index in [1.54, 1.807) is 41.5 Å². The molecule has 0 spiro atoms. The third kappa shape index (κ3) is 21.3. The van der Waals surface area contributed by atoms with E-state index < -0.39 is 131 Å². The van der Waals surface area contributed by atoms with Crippen molar-refractivity contribution < 1.29 is 57.8 Å². The number of carbonyl (C=O) groups excluding carboxylic acids is 11. The lowest BCUT2D eigenvalue weighted by molar-refractivity contribution is -0.145. The summed E-state index contributed by atoms with van der Waals surface area (Å²) >= 11 is 0. The third-order valence-corrected chi connectivity index (χ3v) is 13.8. The highest BCUT2D eigenvalue weighted by atomic mass is 16.3. The second-order valence-corrected chi connectivity index (χ2v) is 22.1. The largest absolute Gasteiger partial charge is 0.391 e.